The monoisotopic (exact) mass is 376 g/mol. The van der Waals surface area contributed by atoms with Gasteiger partial charge < -0.3 is 10.6 Å². The molecule has 5 heteroatoms. The van der Waals surface area contributed by atoms with E-state index in [4.69, 9.17) is 0 Å². The Morgan fingerprint density at radius 2 is 1.71 bits per heavy atom. The highest BCUT2D eigenvalue weighted by atomic mass is 16.2. The van der Waals surface area contributed by atoms with Gasteiger partial charge in [-0.25, -0.2) is 0 Å². The molecule has 4 rings (SSSR count). The third-order valence-electron chi connectivity index (χ3n) is 5.36. The summed E-state index contributed by atoms with van der Waals surface area (Å²) in [7, 11) is 0. The molecule has 0 aromatic heterocycles. The maximum atomic E-state index is 12.5. The molecule has 144 valence electrons. The smallest absolute Gasteiger partial charge is 0.253 e. The lowest BCUT2D eigenvalue weighted by molar-refractivity contribution is -0.116. The predicted molar refractivity (Wildman–Crippen MR) is 108 cm³/mol. The number of fused-ring (bicyclic) bond motifs is 1. The van der Waals surface area contributed by atoms with Crippen LogP contribution in [-0.4, -0.2) is 23.6 Å². The van der Waals surface area contributed by atoms with Crippen molar-refractivity contribution in [3.05, 3.63) is 64.7 Å². The molecule has 2 aromatic rings. The summed E-state index contributed by atoms with van der Waals surface area (Å²) in [5.41, 5.74) is 4.20. The molecule has 1 saturated carbocycles. The number of carbonyl (C=O) groups excluding carboxylic acids is 3. The molecule has 5 nitrogen and oxygen atoms in total. The van der Waals surface area contributed by atoms with Crippen molar-refractivity contribution < 1.29 is 14.4 Å². The fourth-order valence-corrected chi connectivity index (χ4v) is 3.61. The summed E-state index contributed by atoms with van der Waals surface area (Å²) in [6.07, 6.45) is 5.51. The zero-order valence-corrected chi connectivity index (χ0v) is 15.8. The van der Waals surface area contributed by atoms with E-state index in [1.807, 2.05) is 18.2 Å². The largest absolute Gasteiger partial charge is 0.349 e. The molecular weight excluding hydrogens is 352 g/mol. The van der Waals surface area contributed by atoms with E-state index >= 15 is 0 Å². The van der Waals surface area contributed by atoms with Gasteiger partial charge in [-0.05, 0) is 61.4 Å². The maximum absolute atomic E-state index is 12.5. The van der Waals surface area contributed by atoms with Gasteiger partial charge in [0.05, 0.1) is 11.3 Å². The van der Waals surface area contributed by atoms with E-state index in [0.29, 0.717) is 16.8 Å². The number of hydrogen-bond acceptors (Lipinski definition) is 3. The van der Waals surface area contributed by atoms with Gasteiger partial charge in [-0.2, -0.15) is 0 Å². The van der Waals surface area contributed by atoms with E-state index in [9.17, 15) is 14.4 Å². The van der Waals surface area contributed by atoms with Crippen molar-refractivity contribution in [2.24, 2.45) is 0 Å². The molecule has 2 aliphatic carbocycles. The van der Waals surface area contributed by atoms with Gasteiger partial charge in [-0.15, -0.1) is 0 Å². The van der Waals surface area contributed by atoms with Crippen LogP contribution in [0.25, 0.3) is 0 Å². The molecule has 1 fully saturated rings. The Morgan fingerprint density at radius 1 is 0.929 bits per heavy atom. The van der Waals surface area contributed by atoms with Crippen molar-refractivity contribution in [2.45, 2.75) is 51.0 Å². The topological polar surface area (TPSA) is 75.3 Å². The first-order valence-electron chi connectivity index (χ1n) is 9.95. The number of ketones is 1. The lowest BCUT2D eigenvalue weighted by Crippen LogP contribution is -2.27. The van der Waals surface area contributed by atoms with E-state index in [1.54, 1.807) is 24.3 Å². The molecule has 2 amide bonds. The van der Waals surface area contributed by atoms with Crippen LogP contribution in [0.15, 0.2) is 42.5 Å². The van der Waals surface area contributed by atoms with E-state index < -0.39 is 0 Å². The van der Waals surface area contributed by atoms with Crippen molar-refractivity contribution in [2.75, 3.05) is 5.32 Å². The van der Waals surface area contributed by atoms with Gasteiger partial charge in [0.25, 0.3) is 5.91 Å². The molecule has 0 atom stereocenters. The molecule has 2 aromatic carbocycles. The van der Waals surface area contributed by atoms with Gasteiger partial charge in [0, 0.05) is 24.4 Å². The van der Waals surface area contributed by atoms with Crippen LogP contribution in [0.4, 0.5) is 5.69 Å². The zero-order chi connectivity index (χ0) is 19.5. The number of hydrogen-bond donors (Lipinski definition) is 2. The Bertz CT molecular complexity index is 931. The van der Waals surface area contributed by atoms with E-state index in [-0.39, 0.29) is 36.5 Å². The van der Waals surface area contributed by atoms with Gasteiger partial charge in [0.1, 0.15) is 0 Å². The van der Waals surface area contributed by atoms with Crippen LogP contribution >= 0.6 is 0 Å². The molecule has 2 N–H and O–H groups in total. The minimum atomic E-state index is -0.263. The van der Waals surface area contributed by atoms with Gasteiger partial charge >= 0.3 is 0 Å². The second-order valence-corrected chi connectivity index (χ2v) is 7.60. The van der Waals surface area contributed by atoms with Crippen LogP contribution in [0.5, 0.6) is 0 Å². The van der Waals surface area contributed by atoms with Crippen LogP contribution in [0, 0.1) is 0 Å². The molecule has 0 radical (unpaired) electrons. The summed E-state index contributed by atoms with van der Waals surface area (Å²) in [6, 6.07) is 13.1. The number of amides is 2. The number of benzene rings is 2. The summed E-state index contributed by atoms with van der Waals surface area (Å²) in [5.74, 6) is -0.460. The molecule has 0 aliphatic heterocycles. The first-order chi connectivity index (χ1) is 13.6. The number of Topliss-reactive ketones (excluding diaryl/α,β-unsaturated/α-hetero) is 1. The van der Waals surface area contributed by atoms with Crippen LogP contribution in [0.1, 0.15) is 63.9 Å². The zero-order valence-electron chi connectivity index (χ0n) is 15.8. The van der Waals surface area contributed by atoms with Crippen molar-refractivity contribution >= 4 is 23.3 Å². The van der Waals surface area contributed by atoms with E-state index in [2.05, 4.69) is 10.6 Å². The summed E-state index contributed by atoms with van der Waals surface area (Å²) < 4.78 is 0. The number of para-hydroxylation sites is 1. The Morgan fingerprint density at radius 3 is 2.54 bits per heavy atom. The standard InChI is InChI=1S/C23H24N2O3/c26-21(17-9-8-15-4-3-5-16(15)14-17)12-13-22(27)25-20-7-2-1-6-19(20)23(28)24-18-10-11-18/h1-2,6-9,14,18H,3-5,10-13H2,(H,24,28)(H,25,27). The second-order valence-electron chi connectivity index (χ2n) is 7.60. The lowest BCUT2D eigenvalue weighted by Gasteiger charge is -2.11. The first kappa shape index (κ1) is 18.4. The van der Waals surface area contributed by atoms with Crippen molar-refractivity contribution in [1.82, 2.24) is 5.32 Å². The lowest BCUT2D eigenvalue weighted by atomic mass is 10.0. The average Bonchev–Trinajstić information content (AvgIpc) is 3.39. The number of carbonyl (C=O) groups is 3. The first-order valence-corrected chi connectivity index (χ1v) is 9.95. The highest BCUT2D eigenvalue weighted by Crippen LogP contribution is 2.24. The highest BCUT2D eigenvalue weighted by Gasteiger charge is 2.25. The van der Waals surface area contributed by atoms with Crippen LogP contribution in [0.3, 0.4) is 0 Å². The SMILES string of the molecule is O=C(CCC(=O)c1ccc2c(c1)CCC2)Nc1ccccc1C(=O)NC1CC1. The number of aryl methyl sites for hydroxylation is 2. The number of rotatable bonds is 7. The normalized spacial score (nSPS) is 15.0. The Balaban J connectivity index is 1.34. The summed E-state index contributed by atoms with van der Waals surface area (Å²) in [4.78, 5) is 37.1. The summed E-state index contributed by atoms with van der Waals surface area (Å²) in [6.45, 7) is 0. The third-order valence-corrected chi connectivity index (χ3v) is 5.36. The van der Waals surface area contributed by atoms with Crippen molar-refractivity contribution in [1.29, 1.82) is 0 Å². The van der Waals surface area contributed by atoms with Crippen molar-refractivity contribution in [3.63, 3.8) is 0 Å². The highest BCUT2D eigenvalue weighted by molar-refractivity contribution is 6.05. The molecule has 2 aliphatic rings. The molecule has 28 heavy (non-hydrogen) atoms. The van der Waals surface area contributed by atoms with Gasteiger partial charge in [-0.3, -0.25) is 14.4 Å². The third kappa shape index (κ3) is 4.30. The fraction of sp³-hybridized carbons (Fsp3) is 0.348. The van der Waals surface area contributed by atoms with Gasteiger partial charge in [-0.1, -0.05) is 24.3 Å². The molecule has 0 heterocycles. The molecule has 0 unspecified atom stereocenters. The second kappa shape index (κ2) is 7.97. The van der Waals surface area contributed by atoms with Gasteiger partial charge in [0.2, 0.25) is 5.91 Å². The van der Waals surface area contributed by atoms with Crippen molar-refractivity contribution in [3.8, 4) is 0 Å². The maximum Gasteiger partial charge on any atom is 0.253 e. The Hall–Kier alpha value is -2.95. The molecule has 0 bridgehead atoms. The Labute approximate surface area is 164 Å². The molecule has 0 spiro atoms. The van der Waals surface area contributed by atoms with E-state index in [1.165, 1.54) is 11.1 Å². The minimum absolute atomic E-state index is 0.0235. The van der Waals surface area contributed by atoms with Crippen LogP contribution in [0.2, 0.25) is 0 Å². The average molecular weight is 376 g/mol. The summed E-state index contributed by atoms with van der Waals surface area (Å²) >= 11 is 0. The Kier molecular flexibility index (Phi) is 5.24. The summed E-state index contributed by atoms with van der Waals surface area (Å²) in [5, 5.41) is 5.71. The molecule has 0 saturated heterocycles. The van der Waals surface area contributed by atoms with Gasteiger partial charge in [0.15, 0.2) is 5.78 Å². The quantitative estimate of drug-likeness (QED) is 0.724. The number of nitrogens with one attached hydrogen (secondary N) is 2. The van der Waals surface area contributed by atoms with E-state index in [0.717, 1.165) is 32.1 Å². The fourth-order valence-electron chi connectivity index (χ4n) is 3.61. The van der Waals surface area contributed by atoms with Crippen LogP contribution < -0.4 is 10.6 Å². The minimum Gasteiger partial charge on any atom is -0.349 e. The number of anilines is 1. The predicted octanol–water partition coefficient (Wildman–Crippen LogP) is 3.67. The molecular formula is C23H24N2O3. The van der Waals surface area contributed by atoms with Crippen LogP contribution in [-0.2, 0) is 17.6 Å².